The summed E-state index contributed by atoms with van der Waals surface area (Å²) in [5, 5.41) is 0. The third-order valence-electron chi connectivity index (χ3n) is 4.06. The van der Waals surface area contributed by atoms with Crippen LogP contribution in [0.2, 0.25) is 0 Å². The quantitative estimate of drug-likeness (QED) is 0.935. The topological polar surface area (TPSA) is 59.4 Å². The molecule has 3 rings (SSSR count). The van der Waals surface area contributed by atoms with E-state index in [9.17, 15) is 18.0 Å². The molecule has 0 spiro atoms. The Kier molecular flexibility index (Phi) is 4.21. The number of fused-ring (bicyclic) bond motifs is 1. The maximum absolute atomic E-state index is 14.0. The van der Waals surface area contributed by atoms with E-state index in [-0.39, 0.29) is 17.4 Å². The first kappa shape index (κ1) is 16.4. The molecule has 0 saturated carbocycles. The number of rotatable bonds is 3. The van der Waals surface area contributed by atoms with Crippen LogP contribution in [0.15, 0.2) is 28.0 Å². The zero-order valence-electron chi connectivity index (χ0n) is 13.1. The number of hydrogen-bond acceptors (Lipinski definition) is 3. The maximum Gasteiger partial charge on any atom is 0.387 e. The van der Waals surface area contributed by atoms with E-state index >= 15 is 0 Å². The van der Waals surface area contributed by atoms with Gasteiger partial charge in [-0.2, -0.15) is 13.2 Å². The Morgan fingerprint density at radius 3 is 2.83 bits per heavy atom. The molecule has 1 aromatic heterocycles. The minimum Gasteiger partial charge on any atom is -0.435 e. The highest BCUT2D eigenvalue weighted by atomic mass is 19.3. The van der Waals surface area contributed by atoms with Gasteiger partial charge in [0, 0.05) is 6.04 Å². The van der Waals surface area contributed by atoms with Crippen LogP contribution in [0, 0.1) is 12.7 Å². The predicted molar refractivity (Wildman–Crippen MR) is 81.1 cm³/mol. The van der Waals surface area contributed by atoms with Crippen molar-refractivity contribution in [3.8, 4) is 5.75 Å². The number of halogens is 3. The smallest absolute Gasteiger partial charge is 0.387 e. The number of ether oxygens (including phenoxy) is 1. The molecular weight excluding hydrogens is 323 g/mol. The highest BCUT2D eigenvalue weighted by molar-refractivity contribution is 5.49. The summed E-state index contributed by atoms with van der Waals surface area (Å²) in [7, 11) is 0. The summed E-state index contributed by atoms with van der Waals surface area (Å²) in [5.41, 5.74) is 0.836. The van der Waals surface area contributed by atoms with Crippen molar-refractivity contribution >= 4 is 5.69 Å². The molecule has 0 fully saturated rings. The molecule has 128 valence electrons. The first-order valence-electron chi connectivity index (χ1n) is 7.50. The van der Waals surface area contributed by atoms with E-state index in [4.69, 9.17) is 0 Å². The Hall–Kier alpha value is -2.51. The Morgan fingerprint density at radius 1 is 1.42 bits per heavy atom. The van der Waals surface area contributed by atoms with E-state index in [2.05, 4.69) is 14.7 Å². The number of nitrogens with one attached hydrogen (secondary N) is 1. The van der Waals surface area contributed by atoms with Crippen LogP contribution in [0.25, 0.3) is 0 Å². The van der Waals surface area contributed by atoms with Gasteiger partial charge < -0.3 is 9.30 Å². The number of nitrogens with zero attached hydrogens (tertiary/aromatic N) is 2. The van der Waals surface area contributed by atoms with Gasteiger partial charge in [0.1, 0.15) is 5.75 Å². The second-order valence-corrected chi connectivity index (χ2v) is 5.73. The lowest BCUT2D eigenvalue weighted by Gasteiger charge is -2.11. The highest BCUT2D eigenvalue weighted by Crippen LogP contribution is 2.26. The average molecular weight is 339 g/mol. The van der Waals surface area contributed by atoms with Gasteiger partial charge in [0.05, 0.1) is 11.4 Å². The largest absolute Gasteiger partial charge is 0.435 e. The lowest BCUT2D eigenvalue weighted by Crippen LogP contribution is -2.34. The monoisotopic (exact) mass is 339 g/mol. The van der Waals surface area contributed by atoms with Crippen LogP contribution in [0.4, 0.5) is 18.9 Å². The van der Waals surface area contributed by atoms with Crippen LogP contribution in [0.1, 0.15) is 30.6 Å². The highest BCUT2D eigenvalue weighted by Gasteiger charge is 2.24. The van der Waals surface area contributed by atoms with Gasteiger partial charge in [0.15, 0.2) is 0 Å². The van der Waals surface area contributed by atoms with E-state index in [1.807, 2.05) is 6.92 Å². The fraction of sp³-hybridized carbons (Fsp3) is 0.375. The van der Waals surface area contributed by atoms with Crippen molar-refractivity contribution in [2.24, 2.45) is 4.99 Å². The summed E-state index contributed by atoms with van der Waals surface area (Å²) in [6.45, 7) is 0.702. The number of aromatic amines is 1. The van der Waals surface area contributed by atoms with Crippen LogP contribution in [0.5, 0.6) is 5.75 Å². The number of H-pyrrole nitrogens is 1. The van der Waals surface area contributed by atoms with Gasteiger partial charge in [-0.15, -0.1) is 0 Å². The molecule has 1 atom stereocenters. The molecule has 0 aliphatic carbocycles. The first-order valence-corrected chi connectivity index (χ1v) is 7.50. The molecule has 5 nitrogen and oxygen atoms in total. The SMILES string of the molecule is Cc1cc(OC(F)F)ccc1/N=c1\[nH]c(=O)c(F)c2n1C(C)CC2. The number of benzene rings is 1. The molecule has 1 aromatic carbocycles. The number of alkyl halides is 2. The Labute approximate surface area is 135 Å². The normalized spacial score (nSPS) is 17.4. The maximum atomic E-state index is 14.0. The van der Waals surface area contributed by atoms with Gasteiger partial charge in [0.2, 0.25) is 11.4 Å². The van der Waals surface area contributed by atoms with Crippen molar-refractivity contribution in [3.63, 3.8) is 0 Å². The zero-order chi connectivity index (χ0) is 17.4. The molecule has 1 aliphatic rings. The van der Waals surface area contributed by atoms with Crippen LogP contribution >= 0.6 is 0 Å². The molecule has 0 radical (unpaired) electrons. The number of hydrogen-bond donors (Lipinski definition) is 1. The molecule has 1 aliphatic heterocycles. The summed E-state index contributed by atoms with van der Waals surface area (Å²) in [6.07, 6.45) is 1.19. The van der Waals surface area contributed by atoms with Crippen LogP contribution in [-0.2, 0) is 6.42 Å². The van der Waals surface area contributed by atoms with Gasteiger partial charge in [0.25, 0.3) is 5.56 Å². The predicted octanol–water partition coefficient (Wildman–Crippen LogP) is 2.96. The van der Waals surface area contributed by atoms with E-state index in [0.29, 0.717) is 23.4 Å². The van der Waals surface area contributed by atoms with Crippen molar-refractivity contribution in [3.05, 3.63) is 51.2 Å². The second kappa shape index (κ2) is 6.18. The van der Waals surface area contributed by atoms with E-state index in [0.717, 1.165) is 6.42 Å². The second-order valence-electron chi connectivity index (χ2n) is 5.73. The molecular formula is C16H16F3N3O2. The molecule has 8 heteroatoms. The molecule has 1 unspecified atom stereocenters. The van der Waals surface area contributed by atoms with E-state index in [1.54, 1.807) is 11.5 Å². The Bertz CT molecular complexity index is 902. The fourth-order valence-electron chi connectivity index (χ4n) is 2.89. The summed E-state index contributed by atoms with van der Waals surface area (Å²) in [5.74, 6) is -0.754. The van der Waals surface area contributed by atoms with Crippen molar-refractivity contribution in [1.29, 1.82) is 0 Å². The van der Waals surface area contributed by atoms with Gasteiger partial charge in [-0.25, -0.2) is 4.99 Å². The van der Waals surface area contributed by atoms with Gasteiger partial charge >= 0.3 is 6.61 Å². The van der Waals surface area contributed by atoms with Crippen molar-refractivity contribution in [1.82, 2.24) is 9.55 Å². The van der Waals surface area contributed by atoms with Crippen molar-refractivity contribution in [2.45, 2.75) is 39.3 Å². The third kappa shape index (κ3) is 2.95. The van der Waals surface area contributed by atoms with Crippen LogP contribution in [-0.4, -0.2) is 16.2 Å². The van der Waals surface area contributed by atoms with Crippen molar-refractivity contribution in [2.75, 3.05) is 0 Å². The van der Waals surface area contributed by atoms with Gasteiger partial charge in [-0.3, -0.25) is 9.78 Å². The van der Waals surface area contributed by atoms with Gasteiger partial charge in [-0.05, 0) is 50.5 Å². The molecule has 2 heterocycles. The molecule has 0 saturated heterocycles. The lowest BCUT2D eigenvalue weighted by molar-refractivity contribution is -0.0498. The average Bonchev–Trinajstić information content (AvgIpc) is 2.89. The number of aryl methyl sites for hydroxylation is 1. The van der Waals surface area contributed by atoms with Gasteiger partial charge in [-0.1, -0.05) is 0 Å². The third-order valence-corrected chi connectivity index (χ3v) is 4.06. The zero-order valence-corrected chi connectivity index (χ0v) is 13.1. The van der Waals surface area contributed by atoms with Crippen molar-refractivity contribution < 1.29 is 17.9 Å². The molecule has 0 amide bonds. The number of aromatic nitrogens is 2. The fourth-order valence-corrected chi connectivity index (χ4v) is 2.89. The molecule has 24 heavy (non-hydrogen) atoms. The molecule has 2 aromatic rings. The molecule has 0 bridgehead atoms. The van der Waals surface area contributed by atoms with E-state index < -0.39 is 18.0 Å². The van der Waals surface area contributed by atoms with Crippen LogP contribution in [0.3, 0.4) is 0 Å². The minimum absolute atomic E-state index is 0.00634. The molecule has 1 N–H and O–H groups in total. The summed E-state index contributed by atoms with van der Waals surface area (Å²) in [4.78, 5) is 18.6. The standard InChI is InChI=1S/C16H16F3N3O2/c1-8-7-10(24-15(18)19)4-5-11(8)20-16-21-14(23)13(17)12-6-3-9(2)22(12)16/h4-5,7,9,15H,3,6H2,1-2H3,(H,20,21,23). The summed E-state index contributed by atoms with van der Waals surface area (Å²) in [6, 6.07) is 4.32. The summed E-state index contributed by atoms with van der Waals surface area (Å²) >= 11 is 0. The summed E-state index contributed by atoms with van der Waals surface area (Å²) < 4.78 is 44.5. The Morgan fingerprint density at radius 2 is 2.17 bits per heavy atom. The van der Waals surface area contributed by atoms with Crippen LogP contribution < -0.4 is 15.9 Å². The Balaban J connectivity index is 2.12. The minimum atomic E-state index is -2.90. The lowest BCUT2D eigenvalue weighted by atomic mass is 10.2. The first-order chi connectivity index (χ1) is 11.4. The van der Waals surface area contributed by atoms with E-state index in [1.165, 1.54) is 18.2 Å².